The van der Waals surface area contributed by atoms with Crippen molar-refractivity contribution in [3.8, 4) is 0 Å². The Morgan fingerprint density at radius 1 is 0.500 bits per heavy atom. The number of aliphatic hydroxyl groups excluding tert-OH is 1. The fourth-order valence-electron chi connectivity index (χ4n) is 4.66. The molecule has 164 valence electrons. The van der Waals surface area contributed by atoms with Crippen LogP contribution in [0.2, 0.25) is 0 Å². The molecule has 5 rings (SSSR count). The maximum absolute atomic E-state index is 10.6. The van der Waals surface area contributed by atoms with E-state index in [9.17, 15) is 5.11 Å². The molecule has 4 aromatic carbocycles. The molecule has 5 aromatic rings. The standard InChI is InChI=1S/C31H25NOSi/c33-31(26-13-5-1-6-14-26)25-32-23-21-30(22-24-32)34(27-15-7-2-8-16-27,28-17-9-3-10-18-28)29-19-11-4-12-20-29/h1-25H/p+1/b31-25+. The summed E-state index contributed by atoms with van der Waals surface area (Å²) in [4.78, 5) is 0. The van der Waals surface area contributed by atoms with Crippen LogP contribution in [0.25, 0.3) is 12.0 Å². The number of nitrogens with zero attached hydrogens (tertiary/aromatic N) is 1. The van der Waals surface area contributed by atoms with E-state index in [0.717, 1.165) is 5.56 Å². The average Bonchev–Trinajstić information content (AvgIpc) is 2.92. The van der Waals surface area contributed by atoms with Crippen molar-refractivity contribution in [2.24, 2.45) is 0 Å². The van der Waals surface area contributed by atoms with E-state index in [-0.39, 0.29) is 5.76 Å². The van der Waals surface area contributed by atoms with Crippen molar-refractivity contribution in [1.82, 2.24) is 0 Å². The maximum atomic E-state index is 10.6. The highest BCUT2D eigenvalue weighted by Crippen LogP contribution is 2.11. The Morgan fingerprint density at radius 3 is 1.26 bits per heavy atom. The number of aliphatic hydroxyl groups is 1. The fraction of sp³-hybridized carbons (Fsp3) is 0. The van der Waals surface area contributed by atoms with Crippen molar-refractivity contribution in [3.63, 3.8) is 0 Å². The van der Waals surface area contributed by atoms with E-state index in [1.54, 1.807) is 6.20 Å². The summed E-state index contributed by atoms with van der Waals surface area (Å²) in [7, 11) is -2.52. The van der Waals surface area contributed by atoms with Gasteiger partial charge in [-0.05, 0) is 20.7 Å². The van der Waals surface area contributed by atoms with E-state index in [2.05, 4.69) is 103 Å². The molecule has 0 aliphatic heterocycles. The summed E-state index contributed by atoms with van der Waals surface area (Å²) in [5, 5.41) is 15.9. The minimum Gasteiger partial charge on any atom is -0.502 e. The minimum atomic E-state index is -2.52. The molecule has 34 heavy (non-hydrogen) atoms. The normalized spacial score (nSPS) is 11.8. The van der Waals surface area contributed by atoms with E-state index in [1.807, 2.05) is 47.3 Å². The summed E-state index contributed by atoms with van der Waals surface area (Å²) in [6.07, 6.45) is 5.81. The Bertz CT molecular complexity index is 1270. The van der Waals surface area contributed by atoms with Gasteiger partial charge in [-0.2, -0.15) is 4.57 Å². The summed E-state index contributed by atoms with van der Waals surface area (Å²) in [5.74, 6) is 0.232. The number of hydrogen-bond donors (Lipinski definition) is 1. The summed E-state index contributed by atoms with van der Waals surface area (Å²) in [6, 6.07) is 46.6. The highest BCUT2D eigenvalue weighted by atomic mass is 28.3. The summed E-state index contributed by atoms with van der Waals surface area (Å²) < 4.78 is 1.91. The van der Waals surface area contributed by atoms with Gasteiger partial charge in [-0.1, -0.05) is 121 Å². The zero-order chi connectivity index (χ0) is 23.2. The Labute approximate surface area is 201 Å². The number of benzene rings is 4. The second-order valence-electron chi connectivity index (χ2n) is 8.26. The molecule has 0 spiro atoms. The lowest BCUT2D eigenvalue weighted by molar-refractivity contribution is -0.568. The van der Waals surface area contributed by atoms with Crippen LogP contribution in [0.4, 0.5) is 0 Å². The first-order valence-electron chi connectivity index (χ1n) is 11.4. The van der Waals surface area contributed by atoms with Gasteiger partial charge in [0, 0.05) is 17.7 Å². The van der Waals surface area contributed by atoms with Crippen LogP contribution in [0, 0.1) is 0 Å². The molecule has 3 heteroatoms. The van der Waals surface area contributed by atoms with Crippen LogP contribution < -0.4 is 25.3 Å². The molecular formula is C31H26NOSi+. The molecule has 0 atom stereocenters. The number of hydrogen-bond acceptors (Lipinski definition) is 1. The van der Waals surface area contributed by atoms with Gasteiger partial charge in [0.2, 0.25) is 6.20 Å². The summed E-state index contributed by atoms with van der Waals surface area (Å²) in [6.45, 7) is 0. The van der Waals surface area contributed by atoms with Crippen molar-refractivity contribution < 1.29 is 9.67 Å². The van der Waals surface area contributed by atoms with Crippen LogP contribution in [0.5, 0.6) is 0 Å². The third-order valence-corrected chi connectivity index (χ3v) is 11.0. The quantitative estimate of drug-likeness (QED) is 0.178. The SMILES string of the molecule is O/C(=C/[n+]1ccc([Si](c2ccccc2)(c2ccccc2)c2ccccc2)cc1)c1ccccc1. The Balaban J connectivity index is 1.69. The molecule has 1 aromatic heterocycles. The van der Waals surface area contributed by atoms with Crippen molar-refractivity contribution in [1.29, 1.82) is 0 Å². The average molecular weight is 457 g/mol. The Morgan fingerprint density at radius 2 is 0.853 bits per heavy atom. The molecule has 0 radical (unpaired) electrons. The fourth-order valence-corrected chi connectivity index (χ4v) is 9.39. The molecule has 1 N–H and O–H groups in total. The van der Waals surface area contributed by atoms with E-state index in [4.69, 9.17) is 0 Å². The molecule has 0 bridgehead atoms. The van der Waals surface area contributed by atoms with Crippen molar-refractivity contribution in [3.05, 3.63) is 151 Å². The summed E-state index contributed by atoms with van der Waals surface area (Å²) >= 11 is 0. The van der Waals surface area contributed by atoms with Crippen LogP contribution in [0.1, 0.15) is 5.56 Å². The van der Waals surface area contributed by atoms with Gasteiger partial charge in [-0.3, -0.25) is 0 Å². The highest BCUT2D eigenvalue weighted by molar-refractivity contribution is 7.19. The molecule has 0 fully saturated rings. The second-order valence-corrected chi connectivity index (χ2v) is 12.1. The Hall–Kier alpha value is -4.21. The number of rotatable bonds is 6. The molecule has 0 saturated carbocycles. The maximum Gasteiger partial charge on any atom is 0.216 e. The smallest absolute Gasteiger partial charge is 0.216 e. The van der Waals surface area contributed by atoms with Crippen LogP contribution in [0.15, 0.2) is 146 Å². The third kappa shape index (κ3) is 4.09. The topological polar surface area (TPSA) is 24.1 Å². The van der Waals surface area contributed by atoms with Gasteiger partial charge in [-0.15, -0.1) is 0 Å². The first-order valence-corrected chi connectivity index (χ1v) is 13.4. The highest BCUT2D eigenvalue weighted by Gasteiger charge is 2.41. The number of aromatic nitrogens is 1. The van der Waals surface area contributed by atoms with Crippen molar-refractivity contribution in [2.75, 3.05) is 0 Å². The molecule has 1 heterocycles. The third-order valence-electron chi connectivity index (χ3n) is 6.25. The van der Waals surface area contributed by atoms with Crippen LogP contribution in [-0.2, 0) is 0 Å². The lowest BCUT2D eigenvalue weighted by Gasteiger charge is -2.33. The van der Waals surface area contributed by atoms with Gasteiger partial charge in [0.15, 0.2) is 26.2 Å². The molecular weight excluding hydrogens is 430 g/mol. The predicted molar refractivity (Wildman–Crippen MR) is 143 cm³/mol. The molecule has 2 nitrogen and oxygen atoms in total. The molecule has 0 saturated heterocycles. The zero-order valence-corrected chi connectivity index (χ0v) is 19.8. The minimum absolute atomic E-state index is 0.232. The van der Waals surface area contributed by atoms with Gasteiger partial charge in [0.05, 0.1) is 0 Å². The van der Waals surface area contributed by atoms with Gasteiger partial charge < -0.3 is 5.11 Å². The first kappa shape index (κ1) is 21.6. The Kier molecular flexibility index (Phi) is 6.19. The van der Waals surface area contributed by atoms with Crippen LogP contribution in [-0.4, -0.2) is 13.2 Å². The van der Waals surface area contributed by atoms with Crippen molar-refractivity contribution in [2.45, 2.75) is 0 Å². The monoisotopic (exact) mass is 456 g/mol. The van der Waals surface area contributed by atoms with Gasteiger partial charge in [0.25, 0.3) is 0 Å². The lowest BCUT2D eigenvalue weighted by atomic mass is 10.2. The number of pyridine rings is 1. The lowest BCUT2D eigenvalue weighted by Crippen LogP contribution is -2.74. The van der Waals surface area contributed by atoms with Crippen LogP contribution in [0.3, 0.4) is 0 Å². The predicted octanol–water partition coefficient (Wildman–Crippen LogP) is 3.87. The summed E-state index contributed by atoms with van der Waals surface area (Å²) in [5.41, 5.74) is 0.792. The molecule has 0 aliphatic carbocycles. The van der Waals surface area contributed by atoms with E-state index in [0.29, 0.717) is 0 Å². The molecule has 0 aliphatic rings. The van der Waals surface area contributed by atoms with Gasteiger partial charge >= 0.3 is 0 Å². The van der Waals surface area contributed by atoms with Crippen LogP contribution >= 0.6 is 0 Å². The first-order chi connectivity index (χ1) is 16.8. The van der Waals surface area contributed by atoms with E-state index >= 15 is 0 Å². The van der Waals surface area contributed by atoms with E-state index < -0.39 is 8.07 Å². The van der Waals surface area contributed by atoms with Gasteiger partial charge in [-0.25, -0.2) is 0 Å². The molecule has 0 unspecified atom stereocenters. The van der Waals surface area contributed by atoms with Crippen molar-refractivity contribution >= 4 is 40.8 Å². The van der Waals surface area contributed by atoms with E-state index in [1.165, 1.54) is 20.7 Å². The second kappa shape index (κ2) is 9.73. The largest absolute Gasteiger partial charge is 0.502 e. The van der Waals surface area contributed by atoms with Gasteiger partial charge in [0.1, 0.15) is 0 Å². The molecule has 0 amide bonds. The zero-order valence-electron chi connectivity index (χ0n) is 18.8.